The molecule has 3 aromatic rings. The zero-order valence-electron chi connectivity index (χ0n) is 14.7. The number of amides is 1. The van der Waals surface area contributed by atoms with E-state index in [1.165, 1.54) is 6.08 Å². The molecule has 0 atom stereocenters. The van der Waals surface area contributed by atoms with Gasteiger partial charge in [-0.05, 0) is 42.3 Å². The molecule has 1 amide bonds. The third-order valence-corrected chi connectivity index (χ3v) is 4.85. The largest absolute Gasteiger partial charge is 0.493 e. The second-order valence-corrected chi connectivity index (χ2v) is 6.65. The standard InChI is InChI=1S/C20H20N2O3S/c1-24-16-8-7-14(13-17(16)25-2)11-12-21-19(23)9-10-20-22-15-5-3-4-6-18(15)26-20/h3-10,13H,11-12H2,1-2H3,(H,21,23)/b10-9+. The summed E-state index contributed by atoms with van der Waals surface area (Å²) in [7, 11) is 3.21. The van der Waals surface area contributed by atoms with Crippen molar-refractivity contribution in [1.29, 1.82) is 0 Å². The van der Waals surface area contributed by atoms with Crippen molar-refractivity contribution in [2.24, 2.45) is 0 Å². The summed E-state index contributed by atoms with van der Waals surface area (Å²) in [5, 5.41) is 3.70. The van der Waals surface area contributed by atoms with Gasteiger partial charge in [-0.25, -0.2) is 4.98 Å². The maximum absolute atomic E-state index is 12.0. The van der Waals surface area contributed by atoms with Crippen molar-refractivity contribution < 1.29 is 14.3 Å². The number of carbonyl (C=O) groups is 1. The summed E-state index contributed by atoms with van der Waals surface area (Å²) < 4.78 is 11.6. The van der Waals surface area contributed by atoms with Gasteiger partial charge in [0.15, 0.2) is 11.5 Å². The van der Waals surface area contributed by atoms with E-state index in [4.69, 9.17) is 9.47 Å². The number of nitrogens with zero attached hydrogens (tertiary/aromatic N) is 1. The molecule has 3 rings (SSSR count). The first-order valence-corrected chi connectivity index (χ1v) is 9.03. The van der Waals surface area contributed by atoms with Crippen LogP contribution in [0.15, 0.2) is 48.5 Å². The number of hydrogen-bond donors (Lipinski definition) is 1. The number of thiazole rings is 1. The Morgan fingerprint density at radius 3 is 2.73 bits per heavy atom. The molecule has 0 unspecified atom stereocenters. The number of rotatable bonds is 7. The molecule has 6 heteroatoms. The Morgan fingerprint density at radius 2 is 1.96 bits per heavy atom. The van der Waals surface area contributed by atoms with Crippen molar-refractivity contribution in [3.63, 3.8) is 0 Å². The fraction of sp³-hybridized carbons (Fsp3) is 0.200. The Morgan fingerprint density at radius 1 is 1.15 bits per heavy atom. The maximum atomic E-state index is 12.0. The lowest BCUT2D eigenvalue weighted by molar-refractivity contribution is -0.116. The minimum Gasteiger partial charge on any atom is -0.493 e. The fourth-order valence-corrected chi connectivity index (χ4v) is 3.40. The number of carbonyl (C=O) groups excluding carboxylic acids is 1. The van der Waals surface area contributed by atoms with E-state index >= 15 is 0 Å². The van der Waals surface area contributed by atoms with Crippen LogP contribution in [0.4, 0.5) is 0 Å². The van der Waals surface area contributed by atoms with Crippen LogP contribution in [0.3, 0.4) is 0 Å². The third kappa shape index (κ3) is 4.40. The lowest BCUT2D eigenvalue weighted by Crippen LogP contribution is -2.23. The number of fused-ring (bicyclic) bond motifs is 1. The first kappa shape index (κ1) is 17.9. The molecule has 134 valence electrons. The molecule has 2 aromatic carbocycles. The molecule has 26 heavy (non-hydrogen) atoms. The van der Waals surface area contributed by atoms with Crippen LogP contribution in [0.5, 0.6) is 11.5 Å². The van der Waals surface area contributed by atoms with E-state index in [0.717, 1.165) is 20.8 Å². The van der Waals surface area contributed by atoms with Crippen LogP contribution >= 0.6 is 11.3 Å². The summed E-state index contributed by atoms with van der Waals surface area (Å²) in [4.78, 5) is 16.5. The molecule has 0 aliphatic heterocycles. The Balaban J connectivity index is 1.52. The van der Waals surface area contributed by atoms with Crippen LogP contribution in [-0.4, -0.2) is 31.7 Å². The molecule has 1 aromatic heterocycles. The van der Waals surface area contributed by atoms with Crippen LogP contribution in [0.2, 0.25) is 0 Å². The maximum Gasteiger partial charge on any atom is 0.244 e. The Labute approximate surface area is 156 Å². The highest BCUT2D eigenvalue weighted by atomic mass is 32.1. The number of aromatic nitrogens is 1. The topological polar surface area (TPSA) is 60.5 Å². The zero-order valence-corrected chi connectivity index (χ0v) is 15.5. The van der Waals surface area contributed by atoms with Crippen molar-refractivity contribution >= 4 is 33.5 Å². The normalized spacial score (nSPS) is 11.0. The molecule has 5 nitrogen and oxygen atoms in total. The fourth-order valence-electron chi connectivity index (χ4n) is 2.53. The second-order valence-electron chi connectivity index (χ2n) is 5.58. The molecule has 1 heterocycles. The molecule has 0 saturated heterocycles. The van der Waals surface area contributed by atoms with Crippen LogP contribution < -0.4 is 14.8 Å². The summed E-state index contributed by atoms with van der Waals surface area (Å²) >= 11 is 1.56. The SMILES string of the molecule is COc1ccc(CCNC(=O)/C=C/c2nc3ccccc3s2)cc1OC. The minimum atomic E-state index is -0.135. The van der Waals surface area contributed by atoms with E-state index in [-0.39, 0.29) is 5.91 Å². The van der Waals surface area contributed by atoms with Gasteiger partial charge in [0, 0.05) is 12.6 Å². The highest BCUT2D eigenvalue weighted by Gasteiger charge is 2.05. The zero-order chi connectivity index (χ0) is 18.4. The second kappa shape index (κ2) is 8.49. The van der Waals surface area contributed by atoms with Crippen LogP contribution in [0.25, 0.3) is 16.3 Å². The molecule has 0 aliphatic rings. The van der Waals surface area contributed by atoms with Gasteiger partial charge in [0.2, 0.25) is 5.91 Å². The predicted octanol–water partition coefficient (Wildman–Crippen LogP) is 3.69. The number of ether oxygens (including phenoxy) is 2. The van der Waals surface area contributed by atoms with Gasteiger partial charge in [-0.15, -0.1) is 11.3 Å². The molecule has 0 radical (unpaired) electrons. The first-order chi connectivity index (χ1) is 12.7. The van der Waals surface area contributed by atoms with Gasteiger partial charge in [-0.1, -0.05) is 18.2 Å². The summed E-state index contributed by atoms with van der Waals surface area (Å²) in [5.41, 5.74) is 2.02. The number of methoxy groups -OCH3 is 2. The molecular weight excluding hydrogens is 348 g/mol. The van der Waals surface area contributed by atoms with Crippen LogP contribution in [0.1, 0.15) is 10.6 Å². The number of para-hydroxylation sites is 1. The molecule has 0 aliphatic carbocycles. The summed E-state index contributed by atoms with van der Waals surface area (Å²) in [6.45, 7) is 0.540. The third-order valence-electron chi connectivity index (χ3n) is 3.85. The van der Waals surface area contributed by atoms with E-state index in [1.807, 2.05) is 42.5 Å². The molecule has 0 fully saturated rings. The van der Waals surface area contributed by atoms with E-state index in [0.29, 0.717) is 24.5 Å². The van der Waals surface area contributed by atoms with Gasteiger partial charge in [0.1, 0.15) is 5.01 Å². The Hall–Kier alpha value is -2.86. The molecule has 0 spiro atoms. The van der Waals surface area contributed by atoms with Crippen molar-refractivity contribution in [2.75, 3.05) is 20.8 Å². The average molecular weight is 368 g/mol. The molecule has 0 saturated carbocycles. The highest BCUT2D eigenvalue weighted by Crippen LogP contribution is 2.27. The smallest absolute Gasteiger partial charge is 0.244 e. The number of benzene rings is 2. The predicted molar refractivity (Wildman–Crippen MR) is 105 cm³/mol. The number of hydrogen-bond acceptors (Lipinski definition) is 5. The minimum absolute atomic E-state index is 0.135. The van der Waals surface area contributed by atoms with E-state index in [9.17, 15) is 4.79 Å². The highest BCUT2D eigenvalue weighted by molar-refractivity contribution is 7.19. The lowest BCUT2D eigenvalue weighted by Gasteiger charge is -2.09. The van der Waals surface area contributed by atoms with Gasteiger partial charge in [0.25, 0.3) is 0 Å². The quantitative estimate of drug-likeness (QED) is 0.646. The summed E-state index contributed by atoms with van der Waals surface area (Å²) in [6.07, 6.45) is 3.98. The Bertz CT molecular complexity index is 901. The van der Waals surface area contributed by atoms with Gasteiger partial charge in [-0.3, -0.25) is 4.79 Å². The lowest BCUT2D eigenvalue weighted by atomic mass is 10.1. The van der Waals surface area contributed by atoms with Crippen LogP contribution in [0, 0.1) is 0 Å². The van der Waals surface area contributed by atoms with Crippen molar-refractivity contribution in [3.05, 3.63) is 59.1 Å². The summed E-state index contributed by atoms with van der Waals surface area (Å²) in [6, 6.07) is 13.7. The van der Waals surface area contributed by atoms with E-state index < -0.39 is 0 Å². The molecule has 1 N–H and O–H groups in total. The van der Waals surface area contributed by atoms with Gasteiger partial charge in [-0.2, -0.15) is 0 Å². The number of nitrogens with one attached hydrogen (secondary N) is 1. The van der Waals surface area contributed by atoms with Gasteiger partial charge < -0.3 is 14.8 Å². The molecular formula is C20H20N2O3S. The summed E-state index contributed by atoms with van der Waals surface area (Å²) in [5.74, 6) is 1.25. The van der Waals surface area contributed by atoms with Gasteiger partial charge in [0.05, 0.1) is 24.4 Å². The van der Waals surface area contributed by atoms with E-state index in [1.54, 1.807) is 31.6 Å². The molecule has 0 bridgehead atoms. The van der Waals surface area contributed by atoms with Crippen molar-refractivity contribution in [3.8, 4) is 11.5 Å². The monoisotopic (exact) mass is 368 g/mol. The first-order valence-electron chi connectivity index (χ1n) is 8.22. The average Bonchev–Trinajstić information content (AvgIpc) is 3.09. The van der Waals surface area contributed by atoms with Crippen molar-refractivity contribution in [2.45, 2.75) is 6.42 Å². The van der Waals surface area contributed by atoms with Crippen LogP contribution in [-0.2, 0) is 11.2 Å². The van der Waals surface area contributed by atoms with Gasteiger partial charge >= 0.3 is 0 Å². The van der Waals surface area contributed by atoms with E-state index in [2.05, 4.69) is 10.3 Å². The van der Waals surface area contributed by atoms with Crippen molar-refractivity contribution in [1.82, 2.24) is 10.3 Å². The Kier molecular flexibility index (Phi) is 5.86.